The minimum Gasteiger partial charge on any atom is -0.265 e. The van der Waals surface area contributed by atoms with Gasteiger partial charge >= 0.3 is 0 Å². The van der Waals surface area contributed by atoms with Crippen LogP contribution in [0.3, 0.4) is 0 Å². The van der Waals surface area contributed by atoms with Crippen molar-refractivity contribution in [3.8, 4) is 0 Å². The summed E-state index contributed by atoms with van der Waals surface area (Å²) in [6.07, 6.45) is 11.7. The number of rotatable bonds is 1. The van der Waals surface area contributed by atoms with Crippen LogP contribution in [0.1, 0.15) is 13.8 Å². The standard InChI is InChI=1S/C10H13N/c1-9(2)10-5-3-7-11-8-4-6-10/h3-9H,1-2H3/b5-3?,6-4?,7-3+,8-4?,10-5?,10-6?,11-7?,11-8?. The Bertz CT molecular complexity index is 229. The number of hydrogen-bond acceptors (Lipinski definition) is 1. The second kappa shape index (κ2) is 3.91. The molecule has 1 nitrogen and oxygen atoms in total. The molecule has 0 fully saturated rings. The molecule has 0 spiro atoms. The fourth-order valence-electron chi connectivity index (χ4n) is 0.898. The number of hydrogen-bond donors (Lipinski definition) is 0. The third-order valence-corrected chi connectivity index (χ3v) is 1.59. The molecule has 1 heterocycles. The maximum absolute atomic E-state index is 3.99. The van der Waals surface area contributed by atoms with E-state index in [2.05, 4.69) is 31.0 Å². The van der Waals surface area contributed by atoms with Crippen molar-refractivity contribution < 1.29 is 0 Å². The Balaban J connectivity index is 2.78. The predicted molar refractivity (Wildman–Crippen MR) is 49.7 cm³/mol. The van der Waals surface area contributed by atoms with Crippen molar-refractivity contribution in [2.75, 3.05) is 0 Å². The molecular formula is C10H13N. The molecule has 0 unspecified atom stereocenters. The molecule has 0 aromatic rings. The van der Waals surface area contributed by atoms with Crippen molar-refractivity contribution in [3.63, 3.8) is 0 Å². The van der Waals surface area contributed by atoms with E-state index in [1.807, 2.05) is 12.2 Å². The summed E-state index contributed by atoms with van der Waals surface area (Å²) in [7, 11) is 0. The lowest BCUT2D eigenvalue weighted by atomic mass is 10.0. The van der Waals surface area contributed by atoms with E-state index in [9.17, 15) is 0 Å². The van der Waals surface area contributed by atoms with Crippen molar-refractivity contribution in [2.45, 2.75) is 13.8 Å². The zero-order valence-electron chi connectivity index (χ0n) is 6.99. The molecular weight excluding hydrogens is 134 g/mol. The fraction of sp³-hybridized carbons (Fsp3) is 0.300. The molecule has 0 aromatic heterocycles. The molecule has 1 aliphatic heterocycles. The number of aliphatic imine (C=N–C) groups is 1. The zero-order chi connectivity index (χ0) is 8.10. The molecule has 0 aromatic carbocycles. The molecule has 1 rings (SSSR count). The Hall–Kier alpha value is -1.11. The van der Waals surface area contributed by atoms with Gasteiger partial charge in [0.2, 0.25) is 0 Å². The van der Waals surface area contributed by atoms with E-state index in [1.165, 1.54) is 5.57 Å². The van der Waals surface area contributed by atoms with Crippen LogP contribution in [-0.4, -0.2) is 6.21 Å². The Kier molecular flexibility index (Phi) is 2.84. The molecule has 0 saturated carbocycles. The predicted octanol–water partition coefficient (Wildman–Crippen LogP) is 2.72. The Morgan fingerprint density at radius 1 is 1.27 bits per heavy atom. The maximum atomic E-state index is 3.99. The minimum atomic E-state index is 0.586. The van der Waals surface area contributed by atoms with Crippen LogP contribution in [0.25, 0.3) is 0 Å². The summed E-state index contributed by atoms with van der Waals surface area (Å²) in [5, 5.41) is 0. The van der Waals surface area contributed by atoms with Gasteiger partial charge in [-0.15, -0.1) is 0 Å². The smallest absolute Gasteiger partial charge is 0.0267 e. The molecule has 1 heteroatoms. The summed E-state index contributed by atoms with van der Waals surface area (Å²) in [6, 6.07) is 0. The largest absolute Gasteiger partial charge is 0.265 e. The number of nitrogens with zero attached hydrogens (tertiary/aromatic N) is 1. The van der Waals surface area contributed by atoms with Gasteiger partial charge in [-0.2, -0.15) is 0 Å². The molecule has 0 N–H and O–H groups in total. The van der Waals surface area contributed by atoms with E-state index in [0.29, 0.717) is 5.92 Å². The van der Waals surface area contributed by atoms with Crippen molar-refractivity contribution in [1.29, 1.82) is 0 Å². The molecule has 58 valence electrons. The van der Waals surface area contributed by atoms with Crippen LogP contribution < -0.4 is 0 Å². The highest BCUT2D eigenvalue weighted by Gasteiger charge is 1.96. The van der Waals surface area contributed by atoms with Gasteiger partial charge in [-0.1, -0.05) is 26.0 Å². The minimum absolute atomic E-state index is 0.586. The van der Waals surface area contributed by atoms with Gasteiger partial charge in [-0.05, 0) is 23.6 Å². The molecule has 0 amide bonds. The topological polar surface area (TPSA) is 12.4 Å². The quantitative estimate of drug-likeness (QED) is 0.540. The van der Waals surface area contributed by atoms with Crippen LogP contribution in [0.5, 0.6) is 0 Å². The summed E-state index contributed by atoms with van der Waals surface area (Å²) in [4.78, 5) is 3.99. The van der Waals surface area contributed by atoms with Gasteiger partial charge in [0.25, 0.3) is 0 Å². The first-order chi connectivity index (χ1) is 5.30. The normalized spacial score (nSPS) is 19.4. The van der Waals surface area contributed by atoms with Crippen molar-refractivity contribution in [1.82, 2.24) is 0 Å². The summed E-state index contributed by atoms with van der Waals surface area (Å²) in [5.41, 5.74) is 1.34. The van der Waals surface area contributed by atoms with Gasteiger partial charge < -0.3 is 0 Å². The van der Waals surface area contributed by atoms with Crippen LogP contribution in [0.2, 0.25) is 0 Å². The Morgan fingerprint density at radius 3 is 2.82 bits per heavy atom. The summed E-state index contributed by atoms with van der Waals surface area (Å²) in [6.45, 7) is 4.37. The average Bonchev–Trinajstić information content (AvgIpc) is 1.84. The first kappa shape index (κ1) is 7.99. The highest BCUT2D eigenvalue weighted by Crippen LogP contribution is 2.11. The molecule has 1 aliphatic rings. The average molecular weight is 147 g/mol. The van der Waals surface area contributed by atoms with Crippen molar-refractivity contribution >= 4 is 6.21 Å². The van der Waals surface area contributed by atoms with Crippen LogP contribution in [0, 0.1) is 5.92 Å². The molecule has 0 atom stereocenters. The molecule has 0 radical (unpaired) electrons. The van der Waals surface area contributed by atoms with E-state index >= 15 is 0 Å². The lowest BCUT2D eigenvalue weighted by Gasteiger charge is -2.04. The monoisotopic (exact) mass is 147 g/mol. The van der Waals surface area contributed by atoms with Gasteiger partial charge in [0.15, 0.2) is 0 Å². The maximum Gasteiger partial charge on any atom is 0.0267 e. The van der Waals surface area contributed by atoms with E-state index in [4.69, 9.17) is 0 Å². The SMILES string of the molecule is CC(C)C1=C/C=C/N=CC=C1. The van der Waals surface area contributed by atoms with Crippen LogP contribution in [0.15, 0.2) is 41.1 Å². The second-order valence-electron chi connectivity index (χ2n) is 2.82. The lowest BCUT2D eigenvalue weighted by Crippen LogP contribution is -1.90. The summed E-state index contributed by atoms with van der Waals surface area (Å²) >= 11 is 0. The van der Waals surface area contributed by atoms with Crippen LogP contribution in [0.4, 0.5) is 0 Å². The molecule has 0 bridgehead atoms. The van der Waals surface area contributed by atoms with Gasteiger partial charge in [0.05, 0.1) is 0 Å². The van der Waals surface area contributed by atoms with Gasteiger partial charge in [-0.25, -0.2) is 0 Å². The third-order valence-electron chi connectivity index (χ3n) is 1.59. The van der Waals surface area contributed by atoms with Gasteiger partial charge in [0.1, 0.15) is 0 Å². The first-order valence-electron chi connectivity index (χ1n) is 3.87. The molecule has 0 aliphatic carbocycles. The highest BCUT2D eigenvalue weighted by atomic mass is 14.6. The molecule has 11 heavy (non-hydrogen) atoms. The second-order valence-corrected chi connectivity index (χ2v) is 2.82. The van der Waals surface area contributed by atoms with E-state index in [-0.39, 0.29) is 0 Å². The Morgan fingerprint density at radius 2 is 2.09 bits per heavy atom. The highest BCUT2D eigenvalue weighted by molar-refractivity contribution is 5.72. The van der Waals surface area contributed by atoms with E-state index < -0.39 is 0 Å². The number of allylic oxidation sites excluding steroid dienone is 5. The summed E-state index contributed by atoms with van der Waals surface area (Å²) in [5.74, 6) is 0.586. The Labute approximate surface area is 67.8 Å². The van der Waals surface area contributed by atoms with Crippen LogP contribution >= 0.6 is 0 Å². The third kappa shape index (κ3) is 2.54. The first-order valence-corrected chi connectivity index (χ1v) is 3.87. The zero-order valence-corrected chi connectivity index (χ0v) is 6.99. The fourth-order valence-corrected chi connectivity index (χ4v) is 0.898. The van der Waals surface area contributed by atoms with Crippen molar-refractivity contribution in [2.24, 2.45) is 10.9 Å². The van der Waals surface area contributed by atoms with Gasteiger partial charge in [0, 0.05) is 12.4 Å². The van der Waals surface area contributed by atoms with Crippen LogP contribution in [-0.2, 0) is 0 Å². The van der Waals surface area contributed by atoms with Crippen molar-refractivity contribution in [3.05, 3.63) is 36.1 Å². The lowest BCUT2D eigenvalue weighted by molar-refractivity contribution is 0.792. The summed E-state index contributed by atoms with van der Waals surface area (Å²) < 4.78 is 0. The van der Waals surface area contributed by atoms with E-state index in [1.54, 1.807) is 12.4 Å². The van der Waals surface area contributed by atoms with E-state index in [0.717, 1.165) is 0 Å². The van der Waals surface area contributed by atoms with Gasteiger partial charge in [-0.3, -0.25) is 4.99 Å². The molecule has 0 saturated heterocycles.